The first kappa shape index (κ1) is 16.0. The largest absolute Gasteiger partial charge is 0.464 e. The fourth-order valence-electron chi connectivity index (χ4n) is 1.78. The Morgan fingerprint density at radius 1 is 1.47 bits per heavy atom. The number of hydrogen-bond acceptors (Lipinski definition) is 3. The lowest BCUT2D eigenvalue weighted by atomic mass is 10.2. The van der Waals surface area contributed by atoms with Crippen molar-refractivity contribution in [3.8, 4) is 0 Å². The highest BCUT2D eigenvalue weighted by Crippen LogP contribution is 2.38. The molecule has 1 N–H and O–H groups in total. The Morgan fingerprint density at radius 2 is 2.05 bits per heavy atom. The first-order valence-corrected chi connectivity index (χ1v) is 9.85. The summed E-state index contributed by atoms with van der Waals surface area (Å²) >= 11 is 0. The molecule has 19 heavy (non-hydrogen) atoms. The predicted octanol–water partition coefficient (Wildman–Crippen LogP) is 2.41. The van der Waals surface area contributed by atoms with Crippen molar-refractivity contribution in [3.63, 3.8) is 0 Å². The minimum atomic E-state index is -1.67. The van der Waals surface area contributed by atoms with E-state index in [1.165, 1.54) is 0 Å². The quantitative estimate of drug-likeness (QED) is 0.491. The maximum atomic E-state index is 11.9. The second kappa shape index (κ2) is 5.49. The Balaban J connectivity index is 2.87. The average molecular weight is 283 g/mol. The zero-order chi connectivity index (χ0) is 14.8. The molecule has 5 heteroatoms. The lowest BCUT2D eigenvalue weighted by Crippen LogP contribution is -2.36. The van der Waals surface area contributed by atoms with Crippen LogP contribution in [0.2, 0.25) is 18.1 Å². The molecule has 1 rings (SSSR count). The summed E-state index contributed by atoms with van der Waals surface area (Å²) in [5.74, 6) is -0.461. The minimum absolute atomic E-state index is 0.122. The molecule has 1 aliphatic rings. The van der Waals surface area contributed by atoms with Gasteiger partial charge in [-0.15, -0.1) is 0 Å². The molecule has 108 valence electrons. The van der Waals surface area contributed by atoms with Gasteiger partial charge in [0, 0.05) is 12.0 Å². The molecule has 1 saturated heterocycles. The summed E-state index contributed by atoms with van der Waals surface area (Å²) < 4.78 is 4.95. The zero-order valence-corrected chi connectivity index (χ0v) is 13.8. The Labute approximate surface area is 116 Å². The van der Waals surface area contributed by atoms with E-state index in [4.69, 9.17) is 4.74 Å². The van der Waals surface area contributed by atoms with Gasteiger partial charge in [-0.2, -0.15) is 0 Å². The topological polar surface area (TPSA) is 55.4 Å². The fraction of sp³-hybridized carbons (Fsp3) is 0.714. The van der Waals surface area contributed by atoms with Crippen LogP contribution in [0, 0.1) is 0 Å². The Bertz CT molecular complexity index is 407. The molecule has 1 heterocycles. The number of hydrogen-bond donors (Lipinski definition) is 1. The van der Waals surface area contributed by atoms with Gasteiger partial charge in [0.1, 0.15) is 6.04 Å². The van der Waals surface area contributed by atoms with Crippen molar-refractivity contribution in [2.24, 2.45) is 0 Å². The summed E-state index contributed by atoms with van der Waals surface area (Å²) in [7, 11) is -1.67. The number of amides is 1. The van der Waals surface area contributed by atoms with Gasteiger partial charge in [-0.25, -0.2) is 4.79 Å². The van der Waals surface area contributed by atoms with E-state index in [-0.39, 0.29) is 16.9 Å². The van der Waals surface area contributed by atoms with Crippen LogP contribution in [0.25, 0.3) is 0 Å². The van der Waals surface area contributed by atoms with Gasteiger partial charge in [-0.1, -0.05) is 39.6 Å². The average Bonchev–Trinajstić information content (AvgIpc) is 2.58. The van der Waals surface area contributed by atoms with Gasteiger partial charge in [0.05, 0.1) is 14.7 Å². The molecule has 0 saturated carbocycles. The third-order valence-corrected chi connectivity index (χ3v) is 9.00. The minimum Gasteiger partial charge on any atom is -0.464 e. The smallest absolute Gasteiger partial charge is 0.328 e. The molecule has 0 aliphatic carbocycles. The van der Waals surface area contributed by atoms with Gasteiger partial charge in [0.2, 0.25) is 5.91 Å². The molecule has 1 fully saturated rings. The van der Waals surface area contributed by atoms with Crippen molar-refractivity contribution in [3.05, 3.63) is 11.3 Å². The normalized spacial score (nSPS) is 22.5. The van der Waals surface area contributed by atoms with Crippen molar-refractivity contribution in [2.75, 3.05) is 6.61 Å². The SMILES string of the molecule is CCOC(=O)C1C/C(=C\[Si](C)(C)C(C)(C)C)C(=O)N1. The second-order valence-corrected chi connectivity index (χ2v) is 11.9. The third kappa shape index (κ3) is 3.69. The first-order valence-electron chi connectivity index (χ1n) is 6.77. The molecule has 0 spiro atoms. The van der Waals surface area contributed by atoms with E-state index in [2.05, 4.69) is 44.9 Å². The van der Waals surface area contributed by atoms with Crippen molar-refractivity contribution in [1.29, 1.82) is 0 Å². The maximum absolute atomic E-state index is 11.9. The molecule has 0 radical (unpaired) electrons. The number of nitrogens with one attached hydrogen (secondary N) is 1. The summed E-state index contributed by atoms with van der Waals surface area (Å²) in [5.41, 5.74) is 2.87. The van der Waals surface area contributed by atoms with Crippen LogP contribution in [0.5, 0.6) is 0 Å². The van der Waals surface area contributed by atoms with Gasteiger partial charge in [-0.05, 0) is 12.0 Å². The zero-order valence-electron chi connectivity index (χ0n) is 12.8. The molecule has 0 aromatic heterocycles. The van der Waals surface area contributed by atoms with Crippen LogP contribution in [0.3, 0.4) is 0 Å². The van der Waals surface area contributed by atoms with Gasteiger partial charge in [0.15, 0.2) is 0 Å². The molecule has 1 unspecified atom stereocenters. The number of ether oxygens (including phenoxy) is 1. The van der Waals surface area contributed by atoms with Crippen LogP contribution >= 0.6 is 0 Å². The van der Waals surface area contributed by atoms with E-state index in [9.17, 15) is 9.59 Å². The highest BCUT2D eigenvalue weighted by molar-refractivity contribution is 6.85. The number of esters is 1. The van der Waals surface area contributed by atoms with Crippen LogP contribution in [-0.2, 0) is 14.3 Å². The summed E-state index contributed by atoms with van der Waals surface area (Å²) in [6, 6.07) is -0.511. The summed E-state index contributed by atoms with van der Waals surface area (Å²) in [6.45, 7) is 13.2. The van der Waals surface area contributed by atoms with E-state index >= 15 is 0 Å². The second-order valence-electron chi connectivity index (χ2n) is 6.62. The van der Waals surface area contributed by atoms with Crippen molar-refractivity contribution in [1.82, 2.24) is 5.32 Å². The monoisotopic (exact) mass is 283 g/mol. The number of carbonyl (C=O) groups excluding carboxylic acids is 2. The molecule has 1 atom stereocenters. The number of carbonyl (C=O) groups is 2. The van der Waals surface area contributed by atoms with E-state index in [1.54, 1.807) is 6.92 Å². The van der Waals surface area contributed by atoms with E-state index in [0.29, 0.717) is 13.0 Å². The van der Waals surface area contributed by atoms with Crippen LogP contribution in [0.1, 0.15) is 34.1 Å². The molecule has 0 bridgehead atoms. The highest BCUT2D eigenvalue weighted by Gasteiger charge is 2.38. The lowest BCUT2D eigenvalue weighted by molar-refractivity contribution is -0.145. The lowest BCUT2D eigenvalue weighted by Gasteiger charge is -2.34. The summed E-state index contributed by atoms with van der Waals surface area (Å²) in [4.78, 5) is 23.6. The Kier molecular flexibility index (Phi) is 4.61. The Hall–Kier alpha value is -1.10. The van der Waals surface area contributed by atoms with Gasteiger partial charge in [-0.3, -0.25) is 4.79 Å². The van der Waals surface area contributed by atoms with Crippen LogP contribution in [0.15, 0.2) is 11.3 Å². The van der Waals surface area contributed by atoms with Gasteiger partial charge in [0.25, 0.3) is 0 Å². The van der Waals surface area contributed by atoms with E-state index in [0.717, 1.165) is 5.57 Å². The molecule has 1 amide bonds. The van der Waals surface area contributed by atoms with Crippen LogP contribution in [-0.4, -0.2) is 32.6 Å². The van der Waals surface area contributed by atoms with E-state index < -0.39 is 14.1 Å². The molecule has 0 aromatic rings. The van der Waals surface area contributed by atoms with Crippen molar-refractivity contribution in [2.45, 2.75) is 58.3 Å². The maximum Gasteiger partial charge on any atom is 0.328 e. The highest BCUT2D eigenvalue weighted by atomic mass is 28.3. The van der Waals surface area contributed by atoms with Crippen LogP contribution in [0.4, 0.5) is 0 Å². The number of rotatable bonds is 3. The summed E-state index contributed by atoms with van der Waals surface area (Å²) in [5, 5.41) is 2.89. The molecular weight excluding hydrogens is 258 g/mol. The fourth-order valence-corrected chi connectivity index (χ4v) is 3.33. The molecule has 1 aliphatic heterocycles. The molecule has 4 nitrogen and oxygen atoms in total. The van der Waals surface area contributed by atoms with Crippen LogP contribution < -0.4 is 5.32 Å². The standard InChI is InChI=1S/C14H25NO3Si/c1-7-18-13(17)11-8-10(12(16)15-11)9-19(5,6)14(2,3)4/h9,11H,7-8H2,1-6H3,(H,15,16)/b10-9+. The van der Waals surface area contributed by atoms with E-state index in [1.807, 2.05) is 0 Å². The summed E-state index contributed by atoms with van der Waals surface area (Å²) in [6.07, 6.45) is 0.449. The van der Waals surface area contributed by atoms with Crippen molar-refractivity contribution < 1.29 is 14.3 Å². The first-order chi connectivity index (χ1) is 8.58. The molecule has 0 aromatic carbocycles. The van der Waals surface area contributed by atoms with Gasteiger partial charge < -0.3 is 10.1 Å². The third-order valence-electron chi connectivity index (χ3n) is 4.06. The molecular formula is C14H25NO3Si. The van der Waals surface area contributed by atoms with Crippen molar-refractivity contribution >= 4 is 20.0 Å². The Morgan fingerprint density at radius 3 is 2.53 bits per heavy atom. The predicted molar refractivity (Wildman–Crippen MR) is 78.5 cm³/mol. The van der Waals surface area contributed by atoms with Gasteiger partial charge >= 0.3 is 5.97 Å².